The highest BCUT2D eigenvalue weighted by atomic mass is 32.2. The fourth-order valence-electron chi connectivity index (χ4n) is 1.97. The Morgan fingerprint density at radius 2 is 1.95 bits per heavy atom. The number of rotatable bonds is 5. The number of thiophene rings is 1. The van der Waals surface area contributed by atoms with Gasteiger partial charge in [-0.25, -0.2) is 0 Å². The summed E-state index contributed by atoms with van der Waals surface area (Å²) in [5.41, 5.74) is 0.941. The number of para-hydroxylation sites is 1. The van der Waals surface area contributed by atoms with Crippen molar-refractivity contribution in [2.24, 2.45) is 0 Å². The summed E-state index contributed by atoms with van der Waals surface area (Å²) in [6, 6.07) is 11.2. The Balaban J connectivity index is 1.60. The van der Waals surface area contributed by atoms with E-state index >= 15 is 0 Å². The Hall–Kier alpha value is -2.05. The number of ether oxygens (including phenoxy) is 1. The van der Waals surface area contributed by atoms with Crippen molar-refractivity contribution in [3.63, 3.8) is 0 Å². The topological polar surface area (TPSA) is 46.6 Å². The third kappa shape index (κ3) is 3.40. The quantitative estimate of drug-likeness (QED) is 0.781. The van der Waals surface area contributed by atoms with E-state index in [-0.39, 0.29) is 24.3 Å². The Morgan fingerprint density at radius 3 is 2.68 bits per heavy atom. The zero-order valence-electron chi connectivity index (χ0n) is 11.6. The number of thioether (sulfide) groups is 1. The van der Waals surface area contributed by atoms with Crippen LogP contribution < -0.4 is 4.74 Å². The molecule has 1 aliphatic rings. The lowest BCUT2D eigenvalue weighted by molar-refractivity contribution is -0.123. The van der Waals surface area contributed by atoms with Crippen LogP contribution in [-0.4, -0.2) is 29.2 Å². The van der Waals surface area contributed by atoms with Crippen molar-refractivity contribution in [2.45, 2.75) is 0 Å². The molecular weight excluding hydrogens is 318 g/mol. The minimum Gasteiger partial charge on any atom is -0.492 e. The Bertz CT molecular complexity index is 695. The molecule has 0 saturated carbocycles. The molecule has 22 heavy (non-hydrogen) atoms. The summed E-state index contributed by atoms with van der Waals surface area (Å²) >= 11 is 2.53. The van der Waals surface area contributed by atoms with Crippen LogP contribution in [0.15, 0.2) is 52.1 Å². The molecule has 0 aliphatic carbocycles. The van der Waals surface area contributed by atoms with Gasteiger partial charge in [0.25, 0.3) is 11.1 Å². The molecular formula is C16H13NO3S2. The number of nitrogens with zero attached hydrogens (tertiary/aromatic N) is 1. The van der Waals surface area contributed by atoms with Crippen LogP contribution in [0.25, 0.3) is 6.08 Å². The molecule has 1 aliphatic heterocycles. The minimum atomic E-state index is -0.252. The summed E-state index contributed by atoms with van der Waals surface area (Å²) in [4.78, 5) is 25.9. The Kier molecular flexibility index (Phi) is 4.60. The largest absolute Gasteiger partial charge is 0.492 e. The molecule has 0 atom stereocenters. The van der Waals surface area contributed by atoms with Gasteiger partial charge in [0.1, 0.15) is 12.4 Å². The van der Waals surface area contributed by atoms with E-state index in [9.17, 15) is 9.59 Å². The first-order chi connectivity index (χ1) is 10.7. The third-order valence-corrected chi connectivity index (χ3v) is 4.65. The molecule has 1 aromatic heterocycles. The van der Waals surface area contributed by atoms with Crippen LogP contribution in [0.2, 0.25) is 0 Å². The summed E-state index contributed by atoms with van der Waals surface area (Å²) in [6.07, 6.45) is 1.75. The van der Waals surface area contributed by atoms with Crippen molar-refractivity contribution in [3.05, 3.63) is 57.6 Å². The van der Waals surface area contributed by atoms with E-state index in [0.29, 0.717) is 4.91 Å². The molecule has 2 heterocycles. The third-order valence-electron chi connectivity index (χ3n) is 3.04. The van der Waals surface area contributed by atoms with Crippen molar-refractivity contribution in [2.75, 3.05) is 13.2 Å². The lowest BCUT2D eigenvalue weighted by Gasteiger charge is -2.13. The van der Waals surface area contributed by atoms with Crippen molar-refractivity contribution in [1.29, 1.82) is 0 Å². The van der Waals surface area contributed by atoms with E-state index in [1.807, 2.05) is 47.2 Å². The Morgan fingerprint density at radius 1 is 1.14 bits per heavy atom. The first kappa shape index (κ1) is 14.9. The van der Waals surface area contributed by atoms with Gasteiger partial charge in [0.15, 0.2) is 0 Å². The highest BCUT2D eigenvalue weighted by Crippen LogP contribution is 2.32. The first-order valence-corrected chi connectivity index (χ1v) is 8.45. The van der Waals surface area contributed by atoms with Gasteiger partial charge in [-0.1, -0.05) is 18.2 Å². The molecule has 6 heteroatoms. The number of carbonyl (C=O) groups is 2. The number of carbonyl (C=O) groups excluding carboxylic acids is 2. The number of hydrogen-bond donors (Lipinski definition) is 0. The second kappa shape index (κ2) is 6.81. The molecule has 3 rings (SSSR count). The molecule has 0 N–H and O–H groups in total. The van der Waals surface area contributed by atoms with Crippen LogP contribution in [0.4, 0.5) is 4.79 Å². The normalized spacial score (nSPS) is 16.5. The maximum atomic E-state index is 12.2. The standard InChI is InChI=1S/C16H13NO3S2/c18-15-14(10-12-6-9-21-11-12)22-16(19)17(15)7-8-20-13-4-2-1-3-5-13/h1-6,9-11H,7-8H2/b14-10-. The predicted octanol–water partition coefficient (Wildman–Crippen LogP) is 3.86. The monoisotopic (exact) mass is 331 g/mol. The summed E-state index contributed by atoms with van der Waals surface area (Å²) in [7, 11) is 0. The molecule has 0 radical (unpaired) electrons. The number of amides is 2. The fraction of sp³-hybridized carbons (Fsp3) is 0.125. The average Bonchev–Trinajstić information content (AvgIpc) is 3.12. The molecule has 2 aromatic rings. The predicted molar refractivity (Wildman–Crippen MR) is 88.9 cm³/mol. The van der Waals surface area contributed by atoms with Crippen molar-refractivity contribution in [1.82, 2.24) is 4.90 Å². The van der Waals surface area contributed by atoms with E-state index in [2.05, 4.69) is 0 Å². The van der Waals surface area contributed by atoms with Gasteiger partial charge < -0.3 is 4.74 Å². The van der Waals surface area contributed by atoms with Crippen LogP contribution in [-0.2, 0) is 4.79 Å². The van der Waals surface area contributed by atoms with Crippen LogP contribution in [0.1, 0.15) is 5.56 Å². The van der Waals surface area contributed by atoms with E-state index in [4.69, 9.17) is 4.74 Å². The maximum Gasteiger partial charge on any atom is 0.293 e. The van der Waals surface area contributed by atoms with Gasteiger partial charge in [0.2, 0.25) is 0 Å². The number of imide groups is 1. The van der Waals surface area contributed by atoms with Crippen molar-refractivity contribution < 1.29 is 14.3 Å². The molecule has 112 valence electrons. The van der Waals surface area contributed by atoms with Gasteiger partial charge in [0.05, 0.1) is 11.4 Å². The molecule has 1 aromatic carbocycles. The highest BCUT2D eigenvalue weighted by molar-refractivity contribution is 8.18. The van der Waals surface area contributed by atoms with E-state index in [1.54, 1.807) is 17.4 Å². The summed E-state index contributed by atoms with van der Waals surface area (Å²) in [6.45, 7) is 0.536. The molecule has 0 bridgehead atoms. The van der Waals surface area contributed by atoms with Crippen LogP contribution >= 0.6 is 23.1 Å². The summed E-state index contributed by atoms with van der Waals surface area (Å²) < 4.78 is 5.53. The van der Waals surface area contributed by atoms with Crippen LogP contribution in [0.3, 0.4) is 0 Å². The van der Waals surface area contributed by atoms with E-state index in [0.717, 1.165) is 23.1 Å². The van der Waals surface area contributed by atoms with Crippen molar-refractivity contribution in [3.8, 4) is 5.75 Å². The van der Waals surface area contributed by atoms with Gasteiger partial charge in [-0.3, -0.25) is 14.5 Å². The zero-order valence-corrected chi connectivity index (χ0v) is 13.2. The SMILES string of the molecule is O=C1S/C(=C\c2ccsc2)C(=O)N1CCOc1ccccc1. The van der Waals surface area contributed by atoms with E-state index < -0.39 is 0 Å². The van der Waals surface area contributed by atoms with E-state index in [1.165, 1.54) is 4.90 Å². The van der Waals surface area contributed by atoms with Gasteiger partial charge in [-0.05, 0) is 52.4 Å². The van der Waals surface area contributed by atoms with Crippen LogP contribution in [0, 0.1) is 0 Å². The minimum absolute atomic E-state index is 0.247. The number of benzene rings is 1. The fourth-order valence-corrected chi connectivity index (χ4v) is 3.46. The second-order valence-electron chi connectivity index (χ2n) is 4.55. The summed E-state index contributed by atoms with van der Waals surface area (Å²) in [5, 5.41) is 3.62. The molecule has 2 amide bonds. The Labute approximate surface area is 136 Å². The van der Waals surface area contributed by atoms with Gasteiger partial charge in [-0.2, -0.15) is 11.3 Å². The summed E-state index contributed by atoms with van der Waals surface area (Å²) in [5.74, 6) is 0.473. The molecule has 0 unspecified atom stereocenters. The maximum absolute atomic E-state index is 12.2. The lowest BCUT2D eigenvalue weighted by atomic mass is 10.3. The number of hydrogen-bond acceptors (Lipinski definition) is 5. The van der Waals surface area contributed by atoms with Gasteiger partial charge >= 0.3 is 0 Å². The second-order valence-corrected chi connectivity index (χ2v) is 6.32. The van der Waals surface area contributed by atoms with Gasteiger partial charge in [-0.15, -0.1) is 0 Å². The van der Waals surface area contributed by atoms with Gasteiger partial charge in [0, 0.05) is 0 Å². The average molecular weight is 331 g/mol. The highest BCUT2D eigenvalue weighted by Gasteiger charge is 2.34. The van der Waals surface area contributed by atoms with Crippen molar-refractivity contribution >= 4 is 40.3 Å². The molecule has 4 nitrogen and oxygen atoms in total. The van der Waals surface area contributed by atoms with Crippen LogP contribution in [0.5, 0.6) is 5.75 Å². The molecule has 0 spiro atoms. The first-order valence-electron chi connectivity index (χ1n) is 6.69. The molecule has 1 fully saturated rings. The zero-order chi connectivity index (χ0) is 15.4. The lowest BCUT2D eigenvalue weighted by Crippen LogP contribution is -2.32. The smallest absolute Gasteiger partial charge is 0.293 e. The molecule has 1 saturated heterocycles.